The van der Waals surface area contributed by atoms with E-state index in [-0.39, 0.29) is 12.2 Å². The summed E-state index contributed by atoms with van der Waals surface area (Å²) in [6.07, 6.45) is 1.33. The molecule has 0 amide bonds. The quantitative estimate of drug-likeness (QED) is 0.269. The van der Waals surface area contributed by atoms with Gasteiger partial charge in [-0.25, -0.2) is 4.79 Å². The van der Waals surface area contributed by atoms with Gasteiger partial charge in [0.25, 0.3) is 0 Å². The summed E-state index contributed by atoms with van der Waals surface area (Å²) in [7, 11) is 1.59. The fourth-order valence-corrected chi connectivity index (χ4v) is 3.09. The molecule has 1 unspecified atom stereocenters. The molecule has 0 aliphatic rings. The van der Waals surface area contributed by atoms with E-state index in [1.165, 1.54) is 5.56 Å². The lowest BCUT2D eigenvalue weighted by Gasteiger charge is -2.10. The number of benzene rings is 3. The van der Waals surface area contributed by atoms with Crippen LogP contribution in [0.2, 0.25) is 0 Å². The molecule has 0 heterocycles. The first-order chi connectivity index (χ1) is 14.5. The molecule has 3 aromatic carbocycles. The first kappa shape index (κ1) is 21.3. The molecule has 0 fully saturated rings. The van der Waals surface area contributed by atoms with Crippen LogP contribution in [0, 0.1) is 0 Å². The third-order valence-corrected chi connectivity index (χ3v) is 5.24. The molecule has 0 spiro atoms. The average molecular weight is 402 g/mol. The molecule has 3 rings (SSSR count). The molecule has 0 aliphatic heterocycles. The summed E-state index contributed by atoms with van der Waals surface area (Å²) in [5.41, 5.74) is 3.21. The smallest absolute Gasteiger partial charge is 0.343 e. The zero-order valence-corrected chi connectivity index (χ0v) is 17.6. The Labute approximate surface area is 177 Å². The lowest BCUT2D eigenvalue weighted by Crippen LogP contribution is -2.09. The Morgan fingerprint density at radius 2 is 1.37 bits per heavy atom. The van der Waals surface area contributed by atoms with Crippen molar-refractivity contribution in [2.75, 3.05) is 7.11 Å². The van der Waals surface area contributed by atoms with Gasteiger partial charge in [0.1, 0.15) is 11.5 Å². The fraction of sp³-hybridized carbons (Fsp3) is 0.231. The fourth-order valence-electron chi connectivity index (χ4n) is 3.09. The summed E-state index contributed by atoms with van der Waals surface area (Å²) < 4.78 is 10.6. The van der Waals surface area contributed by atoms with E-state index < -0.39 is 5.97 Å². The van der Waals surface area contributed by atoms with Crippen molar-refractivity contribution in [2.24, 2.45) is 0 Å². The largest absolute Gasteiger partial charge is 0.497 e. The maximum absolute atomic E-state index is 12.4. The van der Waals surface area contributed by atoms with Crippen LogP contribution in [0.25, 0.3) is 0 Å². The third-order valence-electron chi connectivity index (χ3n) is 5.24. The number of ether oxygens (including phenoxy) is 2. The summed E-state index contributed by atoms with van der Waals surface area (Å²) in [5.74, 6) is 1.25. The van der Waals surface area contributed by atoms with Crippen LogP contribution in [-0.2, 0) is 6.42 Å². The molecule has 0 radical (unpaired) electrons. The highest BCUT2D eigenvalue weighted by molar-refractivity contribution is 5.97. The van der Waals surface area contributed by atoms with E-state index in [9.17, 15) is 9.59 Å². The van der Waals surface area contributed by atoms with E-state index in [0.29, 0.717) is 28.5 Å². The highest BCUT2D eigenvalue weighted by atomic mass is 16.5. The second kappa shape index (κ2) is 9.88. The first-order valence-electron chi connectivity index (χ1n) is 10.1. The number of ketones is 1. The number of carbonyl (C=O) groups is 2. The van der Waals surface area contributed by atoms with Crippen LogP contribution in [0.4, 0.5) is 0 Å². The van der Waals surface area contributed by atoms with Crippen LogP contribution in [-0.4, -0.2) is 18.9 Å². The zero-order chi connectivity index (χ0) is 21.5. The SMILES string of the molecule is CCC(C)c1ccc(C(=O)Oc2ccc(CC(=O)c3ccc(OC)cc3)cc2)cc1. The van der Waals surface area contributed by atoms with E-state index in [0.717, 1.165) is 12.0 Å². The molecular formula is C26H26O4. The molecule has 30 heavy (non-hydrogen) atoms. The second-order valence-corrected chi connectivity index (χ2v) is 7.29. The molecule has 0 aromatic heterocycles. The van der Waals surface area contributed by atoms with Crippen molar-refractivity contribution < 1.29 is 19.1 Å². The van der Waals surface area contributed by atoms with Gasteiger partial charge in [-0.05, 0) is 72.0 Å². The highest BCUT2D eigenvalue weighted by Gasteiger charge is 2.11. The van der Waals surface area contributed by atoms with Crippen LogP contribution in [0.15, 0.2) is 72.8 Å². The predicted molar refractivity (Wildman–Crippen MR) is 118 cm³/mol. The Morgan fingerprint density at radius 1 is 0.800 bits per heavy atom. The van der Waals surface area contributed by atoms with Crippen LogP contribution >= 0.6 is 0 Å². The second-order valence-electron chi connectivity index (χ2n) is 7.29. The van der Waals surface area contributed by atoms with Crippen LogP contribution in [0.3, 0.4) is 0 Å². The summed E-state index contributed by atoms with van der Waals surface area (Å²) >= 11 is 0. The molecule has 0 N–H and O–H groups in total. The normalized spacial score (nSPS) is 11.6. The molecule has 0 saturated heterocycles. The lowest BCUT2D eigenvalue weighted by molar-refractivity contribution is 0.0734. The molecule has 1 atom stereocenters. The standard InChI is InChI=1S/C26H26O4/c1-4-18(2)20-7-9-22(10-8-20)26(28)30-24-13-5-19(6-14-24)17-25(27)21-11-15-23(29-3)16-12-21/h5-16,18H,4,17H2,1-3H3. The van der Waals surface area contributed by atoms with Gasteiger partial charge in [0.05, 0.1) is 12.7 Å². The van der Waals surface area contributed by atoms with Gasteiger partial charge in [-0.15, -0.1) is 0 Å². The topological polar surface area (TPSA) is 52.6 Å². The van der Waals surface area contributed by atoms with E-state index in [1.807, 2.05) is 12.1 Å². The Balaban J connectivity index is 1.59. The average Bonchev–Trinajstić information content (AvgIpc) is 2.80. The van der Waals surface area contributed by atoms with Crippen molar-refractivity contribution >= 4 is 11.8 Å². The van der Waals surface area contributed by atoms with Crippen molar-refractivity contribution in [2.45, 2.75) is 32.6 Å². The number of rotatable bonds is 8. The predicted octanol–water partition coefficient (Wildman–Crippen LogP) is 5.85. The molecule has 4 nitrogen and oxygen atoms in total. The minimum absolute atomic E-state index is 0.0174. The monoisotopic (exact) mass is 402 g/mol. The Bertz CT molecular complexity index is 987. The molecular weight excluding hydrogens is 376 g/mol. The van der Waals surface area contributed by atoms with Gasteiger partial charge in [0, 0.05) is 12.0 Å². The number of methoxy groups -OCH3 is 1. The van der Waals surface area contributed by atoms with Crippen molar-refractivity contribution in [3.63, 3.8) is 0 Å². The van der Waals surface area contributed by atoms with Gasteiger partial charge in [-0.1, -0.05) is 38.1 Å². The van der Waals surface area contributed by atoms with Gasteiger partial charge in [-0.3, -0.25) is 4.79 Å². The van der Waals surface area contributed by atoms with Crippen LogP contribution in [0.1, 0.15) is 58.0 Å². The van der Waals surface area contributed by atoms with Crippen molar-refractivity contribution in [1.82, 2.24) is 0 Å². The maximum atomic E-state index is 12.4. The molecule has 0 saturated carbocycles. The van der Waals surface area contributed by atoms with Gasteiger partial charge < -0.3 is 9.47 Å². The highest BCUT2D eigenvalue weighted by Crippen LogP contribution is 2.20. The minimum atomic E-state index is -0.396. The van der Waals surface area contributed by atoms with Gasteiger partial charge >= 0.3 is 5.97 Å². The molecule has 4 heteroatoms. The lowest BCUT2D eigenvalue weighted by atomic mass is 9.98. The minimum Gasteiger partial charge on any atom is -0.497 e. The van der Waals surface area contributed by atoms with E-state index in [4.69, 9.17) is 9.47 Å². The van der Waals surface area contributed by atoms with Crippen molar-refractivity contribution in [3.05, 3.63) is 95.1 Å². The van der Waals surface area contributed by atoms with Gasteiger partial charge in [-0.2, -0.15) is 0 Å². The van der Waals surface area contributed by atoms with E-state index >= 15 is 0 Å². The van der Waals surface area contributed by atoms with Gasteiger partial charge in [0.15, 0.2) is 5.78 Å². The number of hydrogen-bond donors (Lipinski definition) is 0. The van der Waals surface area contributed by atoms with Crippen molar-refractivity contribution in [1.29, 1.82) is 0 Å². The van der Waals surface area contributed by atoms with E-state index in [1.54, 1.807) is 67.8 Å². The first-order valence-corrected chi connectivity index (χ1v) is 10.1. The molecule has 0 bridgehead atoms. The summed E-state index contributed by atoms with van der Waals surface area (Å²) in [5, 5.41) is 0. The number of Topliss-reactive ketones (excluding diaryl/α,β-unsaturated/α-hetero) is 1. The molecule has 3 aromatic rings. The van der Waals surface area contributed by atoms with Crippen molar-refractivity contribution in [3.8, 4) is 11.5 Å². The Kier molecular flexibility index (Phi) is 7.02. The van der Waals surface area contributed by atoms with Crippen LogP contribution in [0.5, 0.6) is 11.5 Å². The third kappa shape index (κ3) is 5.35. The summed E-state index contributed by atoms with van der Waals surface area (Å²) in [4.78, 5) is 24.8. The maximum Gasteiger partial charge on any atom is 0.343 e. The number of carbonyl (C=O) groups excluding carboxylic acids is 2. The molecule has 154 valence electrons. The Hall–Kier alpha value is -3.40. The Morgan fingerprint density at radius 3 is 1.93 bits per heavy atom. The number of esters is 1. The summed E-state index contributed by atoms with van der Waals surface area (Å²) in [6, 6.07) is 21.6. The number of hydrogen-bond acceptors (Lipinski definition) is 4. The molecule has 0 aliphatic carbocycles. The van der Waals surface area contributed by atoms with Gasteiger partial charge in [0.2, 0.25) is 0 Å². The zero-order valence-electron chi connectivity index (χ0n) is 17.6. The van der Waals surface area contributed by atoms with Crippen LogP contribution < -0.4 is 9.47 Å². The van der Waals surface area contributed by atoms with E-state index in [2.05, 4.69) is 13.8 Å². The summed E-state index contributed by atoms with van der Waals surface area (Å²) in [6.45, 7) is 4.30.